The number of halogens is 2. The van der Waals surface area contributed by atoms with Crippen LogP contribution in [-0.2, 0) is 13.5 Å². The van der Waals surface area contributed by atoms with Gasteiger partial charge in [0.15, 0.2) is 0 Å². The number of nitrogens with two attached hydrogens (primary N) is 1. The van der Waals surface area contributed by atoms with Gasteiger partial charge in [-0.1, -0.05) is 18.2 Å². The molecule has 2 aromatic rings. The average molecular weight is 298 g/mol. The zero-order valence-electron chi connectivity index (χ0n) is 9.40. The molecule has 5 heteroatoms. The monoisotopic (exact) mass is 297 g/mol. The van der Waals surface area contributed by atoms with Gasteiger partial charge in [0.25, 0.3) is 0 Å². The predicted octanol–water partition coefficient (Wildman–Crippen LogP) is 2.56. The smallest absolute Gasteiger partial charge is 0.126 e. The van der Waals surface area contributed by atoms with E-state index in [9.17, 15) is 4.39 Å². The van der Waals surface area contributed by atoms with E-state index in [4.69, 9.17) is 5.73 Å². The van der Waals surface area contributed by atoms with Crippen LogP contribution in [0.15, 0.2) is 34.9 Å². The van der Waals surface area contributed by atoms with Gasteiger partial charge in [-0.2, -0.15) is 5.10 Å². The summed E-state index contributed by atoms with van der Waals surface area (Å²) < 4.78 is 16.1. The van der Waals surface area contributed by atoms with E-state index in [1.807, 2.05) is 13.1 Å². The zero-order chi connectivity index (χ0) is 12.4. The van der Waals surface area contributed by atoms with Crippen molar-refractivity contribution < 1.29 is 4.39 Å². The zero-order valence-corrected chi connectivity index (χ0v) is 11.0. The first-order valence-corrected chi connectivity index (χ1v) is 6.05. The molecule has 0 radical (unpaired) electrons. The molecule has 17 heavy (non-hydrogen) atoms. The van der Waals surface area contributed by atoms with Gasteiger partial charge in [-0.3, -0.25) is 4.68 Å². The number of hydrogen-bond acceptors (Lipinski definition) is 2. The molecule has 0 saturated heterocycles. The first-order valence-electron chi connectivity index (χ1n) is 5.26. The maximum absolute atomic E-state index is 13.5. The highest BCUT2D eigenvalue weighted by Crippen LogP contribution is 2.24. The number of nitrogens with zero attached hydrogens (tertiary/aromatic N) is 2. The molecule has 0 spiro atoms. The second kappa shape index (κ2) is 4.98. The van der Waals surface area contributed by atoms with E-state index < -0.39 is 0 Å². The average Bonchev–Trinajstić information content (AvgIpc) is 2.62. The standard InChI is InChI=1S/C12H13BrFN3/c1-17-12(9(13)7-16-17)11(15)6-8-4-2-3-5-10(8)14/h2-5,7,11H,6,15H2,1H3. The summed E-state index contributed by atoms with van der Waals surface area (Å²) in [4.78, 5) is 0. The van der Waals surface area contributed by atoms with Crippen molar-refractivity contribution in [1.29, 1.82) is 0 Å². The Hall–Kier alpha value is -1.20. The maximum atomic E-state index is 13.5. The van der Waals surface area contributed by atoms with Crippen molar-refractivity contribution in [3.63, 3.8) is 0 Å². The SMILES string of the molecule is Cn1ncc(Br)c1C(N)Cc1ccccc1F. The van der Waals surface area contributed by atoms with Crippen molar-refractivity contribution in [2.24, 2.45) is 12.8 Å². The Labute approximate surface area is 108 Å². The van der Waals surface area contributed by atoms with Gasteiger partial charge >= 0.3 is 0 Å². The van der Waals surface area contributed by atoms with Crippen LogP contribution in [-0.4, -0.2) is 9.78 Å². The third-order valence-electron chi connectivity index (χ3n) is 2.69. The van der Waals surface area contributed by atoms with E-state index in [0.29, 0.717) is 12.0 Å². The van der Waals surface area contributed by atoms with Crippen molar-refractivity contribution in [1.82, 2.24) is 9.78 Å². The van der Waals surface area contributed by atoms with Gasteiger partial charge in [0, 0.05) is 7.05 Å². The van der Waals surface area contributed by atoms with Crippen molar-refractivity contribution in [2.75, 3.05) is 0 Å². The van der Waals surface area contributed by atoms with Crippen molar-refractivity contribution in [2.45, 2.75) is 12.5 Å². The number of aromatic nitrogens is 2. The van der Waals surface area contributed by atoms with Gasteiger partial charge < -0.3 is 5.73 Å². The molecule has 3 nitrogen and oxygen atoms in total. The quantitative estimate of drug-likeness (QED) is 0.946. The van der Waals surface area contributed by atoms with Crippen molar-refractivity contribution >= 4 is 15.9 Å². The Bertz CT molecular complexity index is 505. The van der Waals surface area contributed by atoms with Gasteiger partial charge in [-0.25, -0.2) is 4.39 Å². The van der Waals surface area contributed by atoms with Gasteiger partial charge in [0.05, 0.1) is 22.4 Å². The van der Waals surface area contributed by atoms with E-state index >= 15 is 0 Å². The van der Waals surface area contributed by atoms with E-state index in [1.165, 1.54) is 6.07 Å². The lowest BCUT2D eigenvalue weighted by molar-refractivity contribution is 0.572. The fourth-order valence-corrected chi connectivity index (χ4v) is 2.48. The summed E-state index contributed by atoms with van der Waals surface area (Å²) in [5.74, 6) is -0.221. The van der Waals surface area contributed by atoms with E-state index in [0.717, 1.165) is 10.2 Å². The number of rotatable bonds is 3. The van der Waals surface area contributed by atoms with Crippen molar-refractivity contribution in [3.05, 3.63) is 52.0 Å². The maximum Gasteiger partial charge on any atom is 0.126 e. The van der Waals surface area contributed by atoms with E-state index in [-0.39, 0.29) is 11.9 Å². The molecule has 1 aromatic heterocycles. The molecule has 0 bridgehead atoms. The molecule has 1 unspecified atom stereocenters. The third-order valence-corrected chi connectivity index (χ3v) is 3.30. The molecule has 1 aromatic carbocycles. The van der Waals surface area contributed by atoms with Crippen LogP contribution in [0.3, 0.4) is 0 Å². The van der Waals surface area contributed by atoms with Crippen LogP contribution < -0.4 is 5.73 Å². The van der Waals surface area contributed by atoms with Gasteiger partial charge in [-0.05, 0) is 34.0 Å². The first kappa shape index (κ1) is 12.3. The third kappa shape index (κ3) is 2.56. The Balaban J connectivity index is 2.23. The molecule has 90 valence electrons. The molecule has 0 aliphatic rings. The number of aryl methyl sites for hydroxylation is 1. The Kier molecular flexibility index (Phi) is 3.59. The largest absolute Gasteiger partial charge is 0.322 e. The van der Waals surface area contributed by atoms with Gasteiger partial charge in [0.1, 0.15) is 5.82 Å². The summed E-state index contributed by atoms with van der Waals surface area (Å²) >= 11 is 3.39. The molecule has 2 N–H and O–H groups in total. The predicted molar refractivity (Wildman–Crippen MR) is 67.9 cm³/mol. The van der Waals surface area contributed by atoms with Gasteiger partial charge in [-0.15, -0.1) is 0 Å². The first-order chi connectivity index (χ1) is 8.09. The summed E-state index contributed by atoms with van der Waals surface area (Å²) in [6.45, 7) is 0. The molecule has 0 aliphatic heterocycles. The van der Waals surface area contributed by atoms with Crippen LogP contribution in [0.1, 0.15) is 17.3 Å². The van der Waals surface area contributed by atoms with E-state index in [2.05, 4.69) is 21.0 Å². The van der Waals surface area contributed by atoms with Crippen molar-refractivity contribution in [3.8, 4) is 0 Å². The van der Waals surface area contributed by atoms with Crippen LogP contribution in [0.25, 0.3) is 0 Å². The van der Waals surface area contributed by atoms with Crippen LogP contribution >= 0.6 is 15.9 Å². The van der Waals surface area contributed by atoms with E-state index in [1.54, 1.807) is 23.0 Å². The lowest BCUT2D eigenvalue weighted by Gasteiger charge is -2.13. The minimum atomic E-state index is -0.284. The lowest BCUT2D eigenvalue weighted by atomic mass is 10.0. The summed E-state index contributed by atoms with van der Waals surface area (Å²) in [5, 5.41) is 4.10. The molecule has 0 saturated carbocycles. The minimum absolute atomic E-state index is 0.221. The fourth-order valence-electron chi connectivity index (χ4n) is 1.83. The topological polar surface area (TPSA) is 43.8 Å². The summed E-state index contributed by atoms with van der Waals surface area (Å²) in [5.41, 5.74) is 7.57. The Morgan fingerprint density at radius 2 is 2.18 bits per heavy atom. The highest BCUT2D eigenvalue weighted by atomic mass is 79.9. The second-order valence-corrected chi connectivity index (χ2v) is 4.76. The molecular weight excluding hydrogens is 285 g/mol. The Morgan fingerprint density at radius 1 is 1.47 bits per heavy atom. The van der Waals surface area contributed by atoms with Crippen LogP contribution in [0.2, 0.25) is 0 Å². The minimum Gasteiger partial charge on any atom is -0.322 e. The summed E-state index contributed by atoms with van der Waals surface area (Å²) in [6.07, 6.45) is 2.14. The molecule has 1 atom stereocenters. The molecule has 1 heterocycles. The molecule has 0 amide bonds. The van der Waals surface area contributed by atoms with Crippen LogP contribution in [0.5, 0.6) is 0 Å². The molecular formula is C12H13BrFN3. The lowest BCUT2D eigenvalue weighted by Crippen LogP contribution is -2.18. The highest BCUT2D eigenvalue weighted by Gasteiger charge is 2.16. The van der Waals surface area contributed by atoms with Gasteiger partial charge in [0.2, 0.25) is 0 Å². The summed E-state index contributed by atoms with van der Waals surface area (Å²) in [7, 11) is 1.82. The normalized spacial score (nSPS) is 12.7. The number of benzene rings is 1. The van der Waals surface area contributed by atoms with Crippen LogP contribution in [0, 0.1) is 5.82 Å². The fraction of sp³-hybridized carbons (Fsp3) is 0.250. The molecule has 0 aliphatic carbocycles. The molecule has 0 fully saturated rings. The number of hydrogen-bond donors (Lipinski definition) is 1. The second-order valence-electron chi connectivity index (χ2n) is 3.90. The molecule has 2 rings (SSSR count). The summed E-state index contributed by atoms with van der Waals surface area (Å²) in [6, 6.07) is 6.39. The Morgan fingerprint density at radius 3 is 2.76 bits per heavy atom. The van der Waals surface area contributed by atoms with Crippen LogP contribution in [0.4, 0.5) is 4.39 Å². The highest BCUT2D eigenvalue weighted by molar-refractivity contribution is 9.10.